The summed E-state index contributed by atoms with van der Waals surface area (Å²) in [6.45, 7) is 11.2. The molecule has 30 heavy (non-hydrogen) atoms. The fraction of sp³-hybridized carbons (Fsp3) is 0.850. The Balaban J connectivity index is -0.0000000787. The number of hydrogen-bond acceptors (Lipinski definition) is 4. The number of rotatable bonds is 13. The Morgan fingerprint density at radius 3 is 1.43 bits per heavy atom. The van der Waals surface area contributed by atoms with Gasteiger partial charge in [-0.15, -0.1) is 0 Å². The van der Waals surface area contributed by atoms with E-state index >= 15 is 0 Å². The van der Waals surface area contributed by atoms with Crippen LogP contribution < -0.4 is 93.8 Å². The summed E-state index contributed by atoms with van der Waals surface area (Å²) in [7, 11) is 0. The Morgan fingerprint density at radius 1 is 0.767 bits per heavy atom. The second-order valence-electron chi connectivity index (χ2n) is 7.67. The normalized spacial score (nSPS) is 11.1. The summed E-state index contributed by atoms with van der Waals surface area (Å²) >= 11 is 0. The molecule has 0 aliphatic rings. The Labute approximate surface area is 265 Å². The zero-order valence-corrected chi connectivity index (χ0v) is 28.8. The maximum atomic E-state index is 10.4. The van der Waals surface area contributed by atoms with Gasteiger partial charge < -0.3 is 31.8 Å². The summed E-state index contributed by atoms with van der Waals surface area (Å²) in [6.07, 6.45) is 12.5. The first kappa shape index (κ1) is 58.5. The van der Waals surface area contributed by atoms with Crippen LogP contribution in [0.2, 0.25) is 0 Å². The average molecular weight is 544 g/mol. The van der Waals surface area contributed by atoms with Crippen LogP contribution in [0.3, 0.4) is 0 Å². The van der Waals surface area contributed by atoms with Crippen LogP contribution in [0, 0.1) is 17.8 Å². The Hall–Kier alpha value is 2.74. The summed E-state index contributed by atoms with van der Waals surface area (Å²) < 4.78 is 0. The van der Waals surface area contributed by atoms with Gasteiger partial charge in [-0.3, -0.25) is 0 Å². The van der Waals surface area contributed by atoms with Crippen molar-refractivity contribution >= 4 is 5.97 Å². The van der Waals surface area contributed by atoms with E-state index in [0.717, 1.165) is 36.2 Å². The summed E-state index contributed by atoms with van der Waals surface area (Å²) in [5.41, 5.74) is 0.922. The summed E-state index contributed by atoms with van der Waals surface area (Å²) in [5, 5.41) is 10.4. The van der Waals surface area contributed by atoms with Gasteiger partial charge in [0.1, 0.15) is 0 Å². The van der Waals surface area contributed by atoms with Crippen molar-refractivity contribution in [2.45, 2.75) is 92.4 Å². The maximum Gasteiger partial charge on any atom is 1.00 e. The van der Waals surface area contributed by atoms with Crippen molar-refractivity contribution in [3.63, 3.8) is 0 Å². The number of allylic oxidation sites excluding steroid dienone is 1. The van der Waals surface area contributed by atoms with E-state index in [1.807, 2.05) is 6.92 Å². The van der Waals surface area contributed by atoms with Crippen LogP contribution in [0.5, 0.6) is 0 Å². The molecule has 0 heterocycles. The maximum absolute atomic E-state index is 10.4. The van der Waals surface area contributed by atoms with E-state index in [4.69, 9.17) is 0 Å². The van der Waals surface area contributed by atoms with Crippen molar-refractivity contribution in [2.24, 2.45) is 17.8 Å². The monoisotopic (exact) mass is 546 g/mol. The van der Waals surface area contributed by atoms with Gasteiger partial charge in [0, 0.05) is 21.1 Å². The molecule has 168 valence electrons. The van der Waals surface area contributed by atoms with Gasteiger partial charge in [-0.1, -0.05) is 78.2 Å². The van der Waals surface area contributed by atoms with Crippen LogP contribution in [-0.4, -0.2) is 27.9 Å². The topological polar surface area (TPSA) is 163 Å². The minimum Gasteiger partial charge on any atom is -0.870 e. The molecular formula is C20H43MoNa3O6. The average Bonchev–Trinajstić information content (AvgIpc) is 2.37. The first-order valence-corrected chi connectivity index (χ1v) is 9.19. The van der Waals surface area contributed by atoms with E-state index in [-0.39, 0.29) is 132 Å². The van der Waals surface area contributed by atoms with Crippen LogP contribution in [-0.2, 0) is 25.9 Å². The quantitative estimate of drug-likeness (QED) is 0.167. The van der Waals surface area contributed by atoms with Crippen LogP contribution in [0.1, 0.15) is 92.4 Å². The third-order valence-electron chi connectivity index (χ3n) is 4.50. The molecule has 0 aromatic rings. The van der Waals surface area contributed by atoms with Crippen molar-refractivity contribution in [1.29, 1.82) is 0 Å². The zero-order chi connectivity index (χ0) is 17.0. The van der Waals surface area contributed by atoms with Crippen molar-refractivity contribution in [2.75, 3.05) is 0 Å². The summed E-state index contributed by atoms with van der Waals surface area (Å²) in [5.74, 6) is 1.37. The van der Waals surface area contributed by atoms with Crippen LogP contribution in [0.15, 0.2) is 11.6 Å². The van der Waals surface area contributed by atoms with Gasteiger partial charge in [0.25, 0.3) is 0 Å². The molecule has 0 saturated carbocycles. The van der Waals surface area contributed by atoms with Crippen molar-refractivity contribution in [3.8, 4) is 0 Å². The molecule has 0 bridgehead atoms. The largest absolute Gasteiger partial charge is 1.00 e. The molecule has 0 aromatic carbocycles. The second kappa shape index (κ2) is 39.0. The first-order chi connectivity index (χ1) is 10.3. The standard InChI is InChI=1S/C20H38O2.Mo.3Na.4H2O/c1-16(2)9-6-10-17(3)11-7-12-18(4)13-8-14-19(5)15-20(21)22;;;;;;;;/h15-18H,6-14H2,1-5H3,(H,21,22);;;;;4*1H2/q;;3*+1;;;;/p-3/b19-15+;;;;;;;;/t17-,18-;;;;;;;;/m1......../s1. The number of aliphatic carboxylic acids is 1. The van der Waals surface area contributed by atoms with E-state index < -0.39 is 5.97 Å². The molecule has 0 aliphatic heterocycles. The minimum absolute atomic E-state index is 0. The van der Waals surface area contributed by atoms with Gasteiger partial charge in [0.15, 0.2) is 0 Å². The molecule has 0 radical (unpaired) electrons. The molecular weight excluding hydrogens is 501 g/mol. The number of carboxylic acid groups (broad SMARTS) is 1. The van der Waals surface area contributed by atoms with Gasteiger partial charge >= 0.3 is 88.7 Å². The fourth-order valence-corrected chi connectivity index (χ4v) is 2.98. The molecule has 2 atom stereocenters. The summed E-state index contributed by atoms with van der Waals surface area (Å²) in [6, 6.07) is 0. The Morgan fingerprint density at radius 2 is 1.10 bits per heavy atom. The minimum atomic E-state index is -1.07. The molecule has 6 nitrogen and oxygen atoms in total. The van der Waals surface area contributed by atoms with Crippen LogP contribution >= 0.6 is 0 Å². The van der Waals surface area contributed by atoms with Crippen LogP contribution in [0.25, 0.3) is 0 Å². The van der Waals surface area contributed by atoms with Gasteiger partial charge in [0.05, 0.1) is 5.97 Å². The van der Waals surface area contributed by atoms with Gasteiger partial charge in [-0.25, -0.2) is 0 Å². The van der Waals surface area contributed by atoms with Crippen LogP contribution in [0.4, 0.5) is 0 Å². The molecule has 0 saturated heterocycles. The number of carbonyl (C=O) groups is 1. The van der Waals surface area contributed by atoms with Crippen molar-refractivity contribution in [3.05, 3.63) is 11.6 Å². The van der Waals surface area contributed by atoms with E-state index in [0.29, 0.717) is 0 Å². The summed E-state index contributed by atoms with van der Waals surface area (Å²) in [4.78, 5) is 10.4. The third kappa shape index (κ3) is 44.4. The molecule has 6 N–H and O–H groups in total. The first-order valence-electron chi connectivity index (χ1n) is 9.19. The number of hydrogen-bond donors (Lipinski definition) is 0. The number of carbonyl (C=O) groups excluding carboxylic acids is 1. The van der Waals surface area contributed by atoms with E-state index in [9.17, 15) is 9.90 Å². The molecule has 0 rings (SSSR count). The molecule has 0 fully saturated rings. The smallest absolute Gasteiger partial charge is 0.870 e. The van der Waals surface area contributed by atoms with Crippen molar-refractivity contribution in [1.82, 2.24) is 0 Å². The Bertz CT molecular complexity index is 349. The van der Waals surface area contributed by atoms with E-state index in [1.54, 1.807) is 0 Å². The molecule has 0 amide bonds. The predicted octanol–water partition coefficient (Wildman–Crippen LogP) is -5.87. The molecule has 0 aromatic heterocycles. The third-order valence-corrected chi connectivity index (χ3v) is 4.50. The molecule has 10 heteroatoms. The van der Waals surface area contributed by atoms with Gasteiger partial charge in [-0.2, -0.15) is 0 Å². The van der Waals surface area contributed by atoms with Gasteiger partial charge in [-0.05, 0) is 43.6 Å². The van der Waals surface area contributed by atoms with E-state index in [1.165, 1.54) is 51.0 Å². The second-order valence-corrected chi connectivity index (χ2v) is 7.67. The van der Waals surface area contributed by atoms with E-state index in [2.05, 4.69) is 27.7 Å². The molecule has 0 unspecified atom stereocenters. The fourth-order valence-electron chi connectivity index (χ4n) is 2.98. The molecule has 0 aliphatic carbocycles. The SMILES string of the molecule is C/C(=C\C(=O)[O-])CCC[C@H](C)CCC[C@H](C)CCCC(C)C.O.O.[Mo].[Na+].[Na+].[Na+].[OH-].[OH-]. The molecule has 0 spiro atoms. The Kier molecular flexibility index (Phi) is 76.0. The predicted molar refractivity (Wildman–Crippen MR) is 105 cm³/mol. The van der Waals surface area contributed by atoms with Gasteiger partial charge in [0.2, 0.25) is 0 Å². The zero-order valence-electron chi connectivity index (χ0n) is 20.8. The van der Waals surface area contributed by atoms with Crippen molar-refractivity contribution < 1.29 is 142 Å². The number of carboxylic acids is 1.